The van der Waals surface area contributed by atoms with Crippen LogP contribution in [0.5, 0.6) is 0 Å². The van der Waals surface area contributed by atoms with Gasteiger partial charge in [0.05, 0.1) is 10.9 Å². The van der Waals surface area contributed by atoms with Crippen LogP contribution in [-0.4, -0.2) is 49.5 Å². The third-order valence-electron chi connectivity index (χ3n) is 5.96. The molecule has 154 valence electrons. The fourth-order valence-corrected chi connectivity index (χ4v) is 5.86. The maximum atomic E-state index is 11.6. The first-order valence-corrected chi connectivity index (χ1v) is 11.0. The van der Waals surface area contributed by atoms with Crippen molar-refractivity contribution in [2.45, 2.75) is 24.0 Å². The van der Waals surface area contributed by atoms with Crippen molar-refractivity contribution in [2.24, 2.45) is 0 Å². The largest absolute Gasteiger partial charge is 0.394 e. The van der Waals surface area contributed by atoms with Crippen LogP contribution in [0.4, 0.5) is 0 Å². The van der Waals surface area contributed by atoms with Gasteiger partial charge in [-0.2, -0.15) is 0 Å². The second-order valence-corrected chi connectivity index (χ2v) is 9.41. The second-order valence-electron chi connectivity index (χ2n) is 7.73. The Morgan fingerprint density at radius 1 is 1.34 bits per heavy atom. The minimum atomic E-state index is -1.18. The number of aliphatic hydroxyl groups is 1. The third kappa shape index (κ3) is 3.76. The molecule has 1 atom stereocenters. The van der Waals surface area contributed by atoms with Crippen LogP contribution >= 0.6 is 22.9 Å². The topological polar surface area (TPSA) is 68.6 Å². The highest BCUT2D eigenvalue weighted by molar-refractivity contribution is 7.16. The molecule has 1 aromatic heterocycles. The maximum Gasteiger partial charge on any atom is 0.139 e. The zero-order valence-corrected chi connectivity index (χ0v) is 18.0. The zero-order chi connectivity index (χ0) is 20.5. The fraction of sp³-hybridized carbons (Fsp3) is 0.409. The molecule has 7 heteroatoms. The quantitative estimate of drug-likeness (QED) is 0.631. The van der Waals surface area contributed by atoms with Crippen molar-refractivity contribution < 1.29 is 9.84 Å². The predicted molar refractivity (Wildman–Crippen MR) is 118 cm³/mol. The molecule has 2 aromatic rings. The monoisotopic (exact) mass is 431 g/mol. The number of rotatable bonds is 5. The summed E-state index contributed by atoms with van der Waals surface area (Å²) in [7, 11) is 1.85. The molecule has 3 heterocycles. The molecule has 0 saturated carbocycles. The lowest BCUT2D eigenvalue weighted by molar-refractivity contribution is -0.151. The highest BCUT2D eigenvalue weighted by Gasteiger charge is 2.50. The molecule has 0 bridgehead atoms. The Morgan fingerprint density at radius 2 is 2.07 bits per heavy atom. The normalized spacial score (nSPS) is 24.3. The van der Waals surface area contributed by atoms with E-state index in [1.54, 1.807) is 0 Å². The average molecular weight is 432 g/mol. The van der Waals surface area contributed by atoms with Gasteiger partial charge in [0.1, 0.15) is 11.2 Å². The summed E-state index contributed by atoms with van der Waals surface area (Å²) in [6.45, 7) is 2.70. The van der Waals surface area contributed by atoms with Gasteiger partial charge in [0, 0.05) is 49.5 Å². The van der Waals surface area contributed by atoms with Crippen molar-refractivity contribution in [1.29, 1.82) is 5.41 Å². The highest BCUT2D eigenvalue weighted by Crippen LogP contribution is 2.52. The Labute approximate surface area is 180 Å². The smallest absolute Gasteiger partial charge is 0.139 e. The first-order chi connectivity index (χ1) is 14.0. The number of ether oxygens (including phenoxy) is 1. The molecule has 1 unspecified atom stereocenters. The summed E-state index contributed by atoms with van der Waals surface area (Å²) in [4.78, 5) is 3.40. The number of hydrogen-bond acceptors (Lipinski definition) is 6. The molecule has 4 rings (SSSR count). The van der Waals surface area contributed by atoms with Gasteiger partial charge in [-0.1, -0.05) is 41.9 Å². The minimum Gasteiger partial charge on any atom is -0.394 e. The van der Waals surface area contributed by atoms with E-state index >= 15 is 0 Å². The molecule has 0 radical (unpaired) electrons. The lowest BCUT2D eigenvalue weighted by Gasteiger charge is -2.47. The molecular weight excluding hydrogens is 406 g/mol. The number of benzene rings is 1. The molecule has 2 aliphatic heterocycles. The highest BCUT2D eigenvalue weighted by atomic mass is 35.5. The van der Waals surface area contributed by atoms with Gasteiger partial charge in [0.25, 0.3) is 0 Å². The van der Waals surface area contributed by atoms with Crippen LogP contribution in [0.15, 0.2) is 48.2 Å². The Balaban J connectivity index is 1.59. The maximum absolute atomic E-state index is 11.6. The molecule has 5 nitrogen and oxygen atoms in total. The Morgan fingerprint density at radius 3 is 2.72 bits per heavy atom. The second kappa shape index (κ2) is 8.20. The van der Waals surface area contributed by atoms with Crippen LogP contribution < -0.4 is 5.32 Å². The van der Waals surface area contributed by atoms with E-state index < -0.39 is 11.2 Å². The number of nitrogens with one attached hydrogen (secondary N) is 2. The summed E-state index contributed by atoms with van der Waals surface area (Å²) >= 11 is 7.95. The van der Waals surface area contributed by atoms with Crippen LogP contribution in [-0.2, 0) is 15.9 Å². The van der Waals surface area contributed by atoms with E-state index in [-0.39, 0.29) is 6.61 Å². The van der Waals surface area contributed by atoms with Crippen molar-refractivity contribution in [3.05, 3.63) is 68.5 Å². The van der Waals surface area contributed by atoms with Crippen molar-refractivity contribution >= 4 is 29.2 Å². The van der Waals surface area contributed by atoms with Crippen molar-refractivity contribution in [3.63, 3.8) is 0 Å². The van der Waals surface area contributed by atoms with E-state index in [0.717, 1.165) is 54.1 Å². The SMILES string of the molecule is CN/C=C(\C=N)CN1CCC2(CC1)OCC(O)(c1ccccc1)c1cc(Cl)sc12. The minimum absolute atomic E-state index is 0.225. The number of thiophene rings is 1. The molecule has 1 saturated heterocycles. The first-order valence-electron chi connectivity index (χ1n) is 9.82. The predicted octanol–water partition coefficient (Wildman–Crippen LogP) is 3.71. The molecular formula is C22H26ClN3O2S. The fourth-order valence-electron chi connectivity index (χ4n) is 4.37. The van der Waals surface area contributed by atoms with Gasteiger partial charge in [0.15, 0.2) is 0 Å². The summed E-state index contributed by atoms with van der Waals surface area (Å²) < 4.78 is 7.13. The zero-order valence-electron chi connectivity index (χ0n) is 16.5. The van der Waals surface area contributed by atoms with Gasteiger partial charge in [-0.3, -0.25) is 4.90 Å². The van der Waals surface area contributed by atoms with E-state index in [2.05, 4.69) is 10.2 Å². The number of halogens is 1. The van der Waals surface area contributed by atoms with Gasteiger partial charge in [0.2, 0.25) is 0 Å². The molecule has 29 heavy (non-hydrogen) atoms. The van der Waals surface area contributed by atoms with E-state index in [1.807, 2.05) is 49.6 Å². The summed E-state index contributed by atoms with van der Waals surface area (Å²) in [5.41, 5.74) is 1.09. The number of fused-ring (bicyclic) bond motifs is 2. The van der Waals surface area contributed by atoms with Crippen LogP contribution in [0, 0.1) is 5.41 Å². The Hall–Kier alpha value is -1.70. The van der Waals surface area contributed by atoms with Gasteiger partial charge in [-0.05, 0) is 30.0 Å². The standard InChI is InChI=1S/C22H26ClN3O2S/c1-25-13-16(12-24)14-26-9-7-21(8-10-26)20-18(11-19(23)29-20)22(27,15-28-21)17-5-3-2-4-6-17/h2-6,11-13,24-25,27H,7-10,14-15H2,1H3/b16-13+,24-12?. The van der Waals surface area contributed by atoms with Crippen LogP contribution in [0.1, 0.15) is 28.8 Å². The Kier molecular flexibility index (Phi) is 5.82. The average Bonchev–Trinajstić information content (AvgIpc) is 3.16. The van der Waals surface area contributed by atoms with E-state index in [0.29, 0.717) is 4.34 Å². The lowest BCUT2D eigenvalue weighted by atomic mass is 9.77. The number of nitrogens with zero attached hydrogens (tertiary/aromatic N) is 1. The van der Waals surface area contributed by atoms with E-state index in [1.165, 1.54) is 17.6 Å². The van der Waals surface area contributed by atoms with Gasteiger partial charge >= 0.3 is 0 Å². The van der Waals surface area contributed by atoms with E-state index in [9.17, 15) is 5.11 Å². The number of hydrogen-bond donors (Lipinski definition) is 3. The molecule has 1 fully saturated rings. The molecule has 1 spiro atoms. The van der Waals surface area contributed by atoms with Crippen LogP contribution in [0.2, 0.25) is 4.34 Å². The summed E-state index contributed by atoms with van der Waals surface area (Å²) in [5.74, 6) is 0. The summed E-state index contributed by atoms with van der Waals surface area (Å²) in [5, 5.41) is 22.1. The lowest BCUT2D eigenvalue weighted by Crippen LogP contribution is -2.51. The third-order valence-corrected chi connectivity index (χ3v) is 7.40. The van der Waals surface area contributed by atoms with Crippen molar-refractivity contribution in [1.82, 2.24) is 10.2 Å². The van der Waals surface area contributed by atoms with Gasteiger partial charge < -0.3 is 20.6 Å². The Bertz CT molecular complexity index is 906. The number of piperidine rings is 1. The molecule has 0 amide bonds. The summed E-state index contributed by atoms with van der Waals surface area (Å²) in [6, 6.07) is 11.6. The van der Waals surface area contributed by atoms with E-state index in [4.69, 9.17) is 21.7 Å². The van der Waals surface area contributed by atoms with Crippen molar-refractivity contribution in [3.8, 4) is 0 Å². The van der Waals surface area contributed by atoms with Crippen LogP contribution in [0.25, 0.3) is 0 Å². The first kappa shape index (κ1) is 20.6. The number of likely N-dealkylation sites (tertiary alicyclic amines) is 1. The van der Waals surface area contributed by atoms with Crippen LogP contribution in [0.3, 0.4) is 0 Å². The molecule has 0 aliphatic carbocycles. The summed E-state index contributed by atoms with van der Waals surface area (Å²) in [6.07, 6.45) is 4.94. The van der Waals surface area contributed by atoms with Gasteiger partial charge in [-0.15, -0.1) is 11.3 Å². The molecule has 2 aliphatic rings. The van der Waals surface area contributed by atoms with Crippen molar-refractivity contribution in [2.75, 3.05) is 33.3 Å². The van der Waals surface area contributed by atoms with Gasteiger partial charge in [-0.25, -0.2) is 0 Å². The molecule has 3 N–H and O–H groups in total. The molecule has 1 aromatic carbocycles.